The van der Waals surface area contributed by atoms with Crippen LogP contribution in [0.2, 0.25) is 0 Å². The summed E-state index contributed by atoms with van der Waals surface area (Å²) < 4.78 is 0. The lowest BCUT2D eigenvalue weighted by atomic mass is 10.2. The van der Waals surface area contributed by atoms with Crippen molar-refractivity contribution >= 4 is 24.9 Å². The third-order valence-electron chi connectivity index (χ3n) is 3.90. The van der Waals surface area contributed by atoms with Crippen LogP contribution in [0.4, 0.5) is 0 Å². The van der Waals surface area contributed by atoms with E-state index in [0.717, 1.165) is 11.1 Å². The van der Waals surface area contributed by atoms with Crippen LogP contribution in [0.1, 0.15) is 22.3 Å². The van der Waals surface area contributed by atoms with Crippen molar-refractivity contribution in [1.29, 1.82) is 0 Å². The summed E-state index contributed by atoms with van der Waals surface area (Å²) in [6.07, 6.45) is 5.77. The number of phenolic OH excluding ortho intramolecular Hbond substituents is 4. The summed E-state index contributed by atoms with van der Waals surface area (Å²) in [4.78, 5) is 0. The third-order valence-corrected chi connectivity index (χ3v) is 3.90. The molecule has 8 heteroatoms. The molecule has 4 N–H and O–H groups in total. The van der Waals surface area contributed by atoms with E-state index in [0.29, 0.717) is 11.1 Å². The summed E-state index contributed by atoms with van der Waals surface area (Å²) in [5.41, 5.74) is 2.33. The maximum Gasteiger partial charge on any atom is 0.124 e. The highest BCUT2D eigenvalue weighted by Crippen LogP contribution is 2.21. The fraction of sp³-hybridized carbons (Fsp3) is 0. The Morgan fingerprint density at radius 3 is 1.23 bits per heavy atom. The lowest BCUT2D eigenvalue weighted by Crippen LogP contribution is -1.85. The summed E-state index contributed by atoms with van der Waals surface area (Å²) in [6, 6.07) is 15.5. The minimum atomic E-state index is -0.00247. The molecule has 0 saturated heterocycles. The maximum absolute atomic E-state index is 9.66. The van der Waals surface area contributed by atoms with Crippen LogP contribution >= 0.6 is 0 Å². The molecule has 3 aromatic carbocycles. The SMILES string of the molecule is Oc1ccc(O)c(/C=N/N=C/c2ccc(/C=N/N=C/c3cc(O)ccc3O)cc2)c1. The van der Waals surface area contributed by atoms with E-state index in [2.05, 4.69) is 20.4 Å². The van der Waals surface area contributed by atoms with E-state index in [9.17, 15) is 20.4 Å². The first-order chi connectivity index (χ1) is 14.5. The normalized spacial score (nSPS) is 12.0. The molecule has 0 bridgehead atoms. The van der Waals surface area contributed by atoms with Crippen molar-refractivity contribution < 1.29 is 20.4 Å². The first kappa shape index (κ1) is 20.3. The number of phenols is 4. The zero-order valence-electron chi connectivity index (χ0n) is 15.7. The fourth-order valence-corrected chi connectivity index (χ4v) is 2.35. The Balaban J connectivity index is 1.58. The molecule has 0 aliphatic carbocycles. The fourth-order valence-electron chi connectivity index (χ4n) is 2.35. The molecule has 3 rings (SSSR count). The van der Waals surface area contributed by atoms with Crippen LogP contribution in [0, 0.1) is 0 Å². The van der Waals surface area contributed by atoms with Crippen LogP contribution in [-0.2, 0) is 0 Å². The predicted molar refractivity (Wildman–Crippen MR) is 116 cm³/mol. The molecular formula is C22H18N4O4. The van der Waals surface area contributed by atoms with Crippen molar-refractivity contribution in [2.24, 2.45) is 20.4 Å². The van der Waals surface area contributed by atoms with Crippen molar-refractivity contribution in [3.63, 3.8) is 0 Å². The van der Waals surface area contributed by atoms with Gasteiger partial charge >= 0.3 is 0 Å². The topological polar surface area (TPSA) is 130 Å². The van der Waals surface area contributed by atoms with Gasteiger partial charge in [0.05, 0.1) is 24.9 Å². The summed E-state index contributed by atoms with van der Waals surface area (Å²) in [5, 5.41) is 53.7. The van der Waals surface area contributed by atoms with E-state index in [1.807, 2.05) is 24.3 Å². The van der Waals surface area contributed by atoms with Gasteiger partial charge in [0.25, 0.3) is 0 Å². The van der Waals surface area contributed by atoms with Crippen molar-refractivity contribution in [2.45, 2.75) is 0 Å². The zero-order chi connectivity index (χ0) is 21.3. The van der Waals surface area contributed by atoms with E-state index in [-0.39, 0.29) is 23.0 Å². The molecule has 0 radical (unpaired) electrons. The lowest BCUT2D eigenvalue weighted by Gasteiger charge is -1.98. The number of hydrogen-bond donors (Lipinski definition) is 4. The highest BCUT2D eigenvalue weighted by molar-refractivity contribution is 5.87. The van der Waals surface area contributed by atoms with E-state index in [1.54, 1.807) is 12.4 Å². The molecule has 0 aliphatic heterocycles. The molecule has 0 atom stereocenters. The molecule has 0 aliphatic rings. The maximum atomic E-state index is 9.66. The van der Waals surface area contributed by atoms with Gasteiger partial charge in [0.1, 0.15) is 23.0 Å². The first-order valence-corrected chi connectivity index (χ1v) is 8.78. The highest BCUT2D eigenvalue weighted by atomic mass is 16.3. The molecule has 0 saturated carbocycles. The first-order valence-electron chi connectivity index (χ1n) is 8.78. The monoisotopic (exact) mass is 402 g/mol. The third kappa shape index (κ3) is 5.77. The van der Waals surface area contributed by atoms with E-state index >= 15 is 0 Å². The number of rotatable bonds is 6. The molecule has 150 valence electrons. The Morgan fingerprint density at radius 2 is 0.833 bits per heavy atom. The van der Waals surface area contributed by atoms with E-state index in [4.69, 9.17) is 0 Å². The lowest BCUT2D eigenvalue weighted by molar-refractivity contribution is 0.459. The van der Waals surface area contributed by atoms with Crippen LogP contribution in [0.25, 0.3) is 0 Å². The largest absolute Gasteiger partial charge is 0.508 e. The Hall–Kier alpha value is -4.46. The zero-order valence-corrected chi connectivity index (χ0v) is 15.7. The molecule has 3 aromatic rings. The highest BCUT2D eigenvalue weighted by Gasteiger charge is 1.99. The second kappa shape index (κ2) is 9.65. The van der Waals surface area contributed by atoms with Gasteiger partial charge in [0.2, 0.25) is 0 Å². The van der Waals surface area contributed by atoms with Gasteiger partial charge in [-0.3, -0.25) is 0 Å². The van der Waals surface area contributed by atoms with Gasteiger partial charge in [0.15, 0.2) is 0 Å². The Labute approximate surface area is 172 Å². The quantitative estimate of drug-likeness (QED) is 0.286. The van der Waals surface area contributed by atoms with Gasteiger partial charge in [0, 0.05) is 11.1 Å². The van der Waals surface area contributed by atoms with E-state index < -0.39 is 0 Å². The van der Waals surface area contributed by atoms with Crippen molar-refractivity contribution in [3.8, 4) is 23.0 Å². The number of aromatic hydroxyl groups is 4. The molecule has 0 unspecified atom stereocenters. The average Bonchev–Trinajstić information content (AvgIpc) is 2.74. The minimum Gasteiger partial charge on any atom is -0.508 e. The predicted octanol–water partition coefficient (Wildman–Crippen LogP) is 3.42. The minimum absolute atomic E-state index is 0.00247. The Morgan fingerprint density at radius 1 is 0.467 bits per heavy atom. The Bertz CT molecular complexity index is 1050. The smallest absolute Gasteiger partial charge is 0.124 e. The van der Waals surface area contributed by atoms with Gasteiger partial charge in [-0.2, -0.15) is 20.4 Å². The second-order valence-electron chi connectivity index (χ2n) is 6.13. The summed E-state index contributed by atoms with van der Waals surface area (Å²) in [7, 11) is 0. The number of hydrogen-bond acceptors (Lipinski definition) is 8. The molecule has 0 spiro atoms. The van der Waals surface area contributed by atoms with Crippen LogP contribution in [0.5, 0.6) is 23.0 Å². The molecule has 30 heavy (non-hydrogen) atoms. The van der Waals surface area contributed by atoms with Crippen LogP contribution in [-0.4, -0.2) is 45.3 Å². The van der Waals surface area contributed by atoms with Crippen LogP contribution in [0.15, 0.2) is 81.1 Å². The number of benzene rings is 3. The molecule has 0 amide bonds. The van der Waals surface area contributed by atoms with Crippen molar-refractivity contribution in [2.75, 3.05) is 0 Å². The molecular weight excluding hydrogens is 384 g/mol. The molecule has 0 heterocycles. The van der Waals surface area contributed by atoms with Gasteiger partial charge in [-0.05, 0) is 47.5 Å². The summed E-state index contributed by atoms with van der Waals surface area (Å²) >= 11 is 0. The summed E-state index contributed by atoms with van der Waals surface area (Å²) in [5.74, 6) is 0.0479. The Kier molecular flexibility index (Phi) is 6.52. The van der Waals surface area contributed by atoms with Gasteiger partial charge in [-0.25, -0.2) is 0 Å². The average molecular weight is 402 g/mol. The van der Waals surface area contributed by atoms with Crippen LogP contribution in [0.3, 0.4) is 0 Å². The van der Waals surface area contributed by atoms with E-state index in [1.165, 1.54) is 48.8 Å². The van der Waals surface area contributed by atoms with Crippen molar-refractivity contribution in [3.05, 3.63) is 82.9 Å². The molecule has 0 aromatic heterocycles. The molecule has 8 nitrogen and oxygen atoms in total. The van der Waals surface area contributed by atoms with Gasteiger partial charge in [-0.1, -0.05) is 24.3 Å². The summed E-state index contributed by atoms with van der Waals surface area (Å²) in [6.45, 7) is 0. The molecule has 0 fully saturated rings. The number of nitrogens with zero attached hydrogens (tertiary/aromatic N) is 4. The van der Waals surface area contributed by atoms with Crippen LogP contribution < -0.4 is 0 Å². The van der Waals surface area contributed by atoms with Gasteiger partial charge < -0.3 is 20.4 Å². The van der Waals surface area contributed by atoms with Gasteiger partial charge in [-0.15, -0.1) is 0 Å². The second-order valence-corrected chi connectivity index (χ2v) is 6.13. The van der Waals surface area contributed by atoms with Crippen molar-refractivity contribution in [1.82, 2.24) is 0 Å². The standard InChI is InChI=1S/C22H18N4O4/c27-19-5-7-21(29)17(9-19)13-25-23-11-15-1-2-16(4-3-15)12-24-26-14-18-10-20(28)6-8-22(18)30/h1-14,27-30H/b23-11+,24-12+,25-13+,26-14+.